The standard InChI is InChI=1S/C15H30N6.HI/c1-13(2)7-8-14(3)20-15(16-4)17-9-5-6-10-21-11-18-19-12-21;/h11-14H,5-10H2,1-4H3,(H2,16,17,20);1H. The van der Waals surface area contributed by atoms with Gasteiger partial charge >= 0.3 is 0 Å². The molecule has 0 aliphatic carbocycles. The first-order chi connectivity index (χ1) is 10.1. The zero-order chi connectivity index (χ0) is 15.5. The number of aryl methyl sites for hydroxylation is 1. The molecule has 7 heteroatoms. The summed E-state index contributed by atoms with van der Waals surface area (Å²) in [5.74, 6) is 1.65. The lowest BCUT2D eigenvalue weighted by Crippen LogP contribution is -2.42. The van der Waals surface area contributed by atoms with Crippen LogP contribution >= 0.6 is 24.0 Å². The fourth-order valence-electron chi connectivity index (χ4n) is 2.05. The van der Waals surface area contributed by atoms with Gasteiger partial charge in [-0.2, -0.15) is 0 Å². The smallest absolute Gasteiger partial charge is 0.191 e. The number of nitrogens with one attached hydrogen (secondary N) is 2. The maximum absolute atomic E-state index is 4.27. The van der Waals surface area contributed by atoms with Crippen molar-refractivity contribution in [3.05, 3.63) is 12.7 Å². The van der Waals surface area contributed by atoms with Gasteiger partial charge < -0.3 is 15.2 Å². The molecule has 0 aliphatic rings. The van der Waals surface area contributed by atoms with Gasteiger partial charge in [-0.15, -0.1) is 34.2 Å². The van der Waals surface area contributed by atoms with Crippen molar-refractivity contribution in [3.8, 4) is 0 Å². The van der Waals surface area contributed by atoms with Crippen LogP contribution in [-0.2, 0) is 6.54 Å². The zero-order valence-electron chi connectivity index (χ0n) is 14.2. The third-order valence-corrected chi connectivity index (χ3v) is 3.39. The Hall–Kier alpha value is -0.860. The SMILES string of the molecule is CN=C(NCCCCn1cnnc1)NC(C)CCC(C)C.I. The highest BCUT2D eigenvalue weighted by Crippen LogP contribution is 2.06. The normalized spacial score (nSPS) is 12.9. The number of hydrogen-bond donors (Lipinski definition) is 2. The number of rotatable bonds is 9. The van der Waals surface area contributed by atoms with Gasteiger partial charge in [-0.05, 0) is 38.5 Å². The Morgan fingerprint density at radius 1 is 1.14 bits per heavy atom. The van der Waals surface area contributed by atoms with Crippen molar-refractivity contribution in [1.29, 1.82) is 0 Å². The summed E-state index contributed by atoms with van der Waals surface area (Å²) in [6.07, 6.45) is 8.12. The maximum Gasteiger partial charge on any atom is 0.191 e. The summed E-state index contributed by atoms with van der Waals surface area (Å²) in [4.78, 5) is 4.27. The molecule has 1 aromatic heterocycles. The van der Waals surface area contributed by atoms with E-state index in [0.717, 1.165) is 37.8 Å². The lowest BCUT2D eigenvalue weighted by atomic mass is 10.0. The zero-order valence-corrected chi connectivity index (χ0v) is 16.6. The van der Waals surface area contributed by atoms with Crippen molar-refractivity contribution in [1.82, 2.24) is 25.4 Å². The van der Waals surface area contributed by atoms with Gasteiger partial charge in [-0.1, -0.05) is 13.8 Å². The fourth-order valence-corrected chi connectivity index (χ4v) is 2.05. The summed E-state index contributed by atoms with van der Waals surface area (Å²) in [5.41, 5.74) is 0. The second-order valence-corrected chi connectivity index (χ2v) is 5.92. The van der Waals surface area contributed by atoms with E-state index in [0.29, 0.717) is 6.04 Å². The second kappa shape index (κ2) is 12.7. The highest BCUT2D eigenvalue weighted by Gasteiger charge is 2.05. The Morgan fingerprint density at radius 3 is 2.41 bits per heavy atom. The maximum atomic E-state index is 4.27. The molecule has 128 valence electrons. The molecule has 0 aliphatic heterocycles. The third kappa shape index (κ3) is 9.97. The Bertz CT molecular complexity index is 391. The van der Waals surface area contributed by atoms with Crippen LogP contribution in [0.25, 0.3) is 0 Å². The van der Waals surface area contributed by atoms with Gasteiger partial charge in [0.2, 0.25) is 0 Å². The van der Waals surface area contributed by atoms with E-state index in [-0.39, 0.29) is 24.0 Å². The first-order valence-electron chi connectivity index (χ1n) is 7.91. The Kier molecular flexibility index (Phi) is 12.2. The van der Waals surface area contributed by atoms with E-state index in [1.54, 1.807) is 12.7 Å². The van der Waals surface area contributed by atoms with Gasteiger partial charge in [0.15, 0.2) is 5.96 Å². The monoisotopic (exact) mass is 422 g/mol. The number of halogens is 1. The summed E-state index contributed by atoms with van der Waals surface area (Å²) < 4.78 is 2.00. The van der Waals surface area contributed by atoms with E-state index in [2.05, 4.69) is 46.6 Å². The van der Waals surface area contributed by atoms with E-state index in [4.69, 9.17) is 0 Å². The summed E-state index contributed by atoms with van der Waals surface area (Å²) in [6.45, 7) is 8.62. The number of aliphatic imine (C=N–C) groups is 1. The van der Waals surface area contributed by atoms with Gasteiger partial charge in [-0.25, -0.2) is 0 Å². The van der Waals surface area contributed by atoms with Crippen LogP contribution < -0.4 is 10.6 Å². The van der Waals surface area contributed by atoms with Gasteiger partial charge in [0.25, 0.3) is 0 Å². The molecule has 1 unspecified atom stereocenters. The van der Waals surface area contributed by atoms with E-state index in [1.807, 2.05) is 11.6 Å². The highest BCUT2D eigenvalue weighted by molar-refractivity contribution is 14.0. The minimum absolute atomic E-state index is 0. The van der Waals surface area contributed by atoms with Crippen LogP contribution in [0.2, 0.25) is 0 Å². The average molecular weight is 422 g/mol. The molecular weight excluding hydrogens is 391 g/mol. The number of hydrogen-bond acceptors (Lipinski definition) is 3. The minimum atomic E-state index is 0. The van der Waals surface area contributed by atoms with Crippen LogP contribution in [0.5, 0.6) is 0 Å². The van der Waals surface area contributed by atoms with Gasteiger partial charge in [0.1, 0.15) is 12.7 Å². The predicted molar refractivity (Wildman–Crippen MR) is 103 cm³/mol. The van der Waals surface area contributed by atoms with E-state index in [9.17, 15) is 0 Å². The van der Waals surface area contributed by atoms with E-state index < -0.39 is 0 Å². The van der Waals surface area contributed by atoms with Crippen molar-refractivity contribution >= 4 is 29.9 Å². The van der Waals surface area contributed by atoms with Crippen LogP contribution in [0.3, 0.4) is 0 Å². The number of unbranched alkanes of at least 4 members (excludes halogenated alkanes) is 1. The highest BCUT2D eigenvalue weighted by atomic mass is 127. The van der Waals surface area contributed by atoms with Crippen LogP contribution in [0.1, 0.15) is 46.5 Å². The van der Waals surface area contributed by atoms with E-state index >= 15 is 0 Å². The first kappa shape index (κ1) is 21.1. The Balaban J connectivity index is 0.00000441. The van der Waals surface area contributed by atoms with Gasteiger partial charge in [-0.3, -0.25) is 4.99 Å². The van der Waals surface area contributed by atoms with Crippen molar-refractivity contribution in [2.75, 3.05) is 13.6 Å². The molecular formula is C15H31IN6. The summed E-state index contributed by atoms with van der Waals surface area (Å²) in [6, 6.07) is 0.454. The quantitative estimate of drug-likeness (QED) is 0.278. The van der Waals surface area contributed by atoms with Crippen molar-refractivity contribution in [2.24, 2.45) is 10.9 Å². The Morgan fingerprint density at radius 2 is 1.82 bits per heavy atom. The molecule has 1 rings (SSSR count). The van der Waals surface area contributed by atoms with Crippen molar-refractivity contribution in [2.45, 2.75) is 59.0 Å². The molecule has 0 radical (unpaired) electrons. The summed E-state index contributed by atoms with van der Waals surface area (Å²) in [7, 11) is 1.82. The molecule has 1 atom stereocenters. The molecule has 2 N–H and O–H groups in total. The summed E-state index contributed by atoms with van der Waals surface area (Å²) in [5, 5.41) is 14.4. The second-order valence-electron chi connectivity index (χ2n) is 5.92. The largest absolute Gasteiger partial charge is 0.356 e. The van der Waals surface area contributed by atoms with Crippen LogP contribution in [0, 0.1) is 5.92 Å². The molecule has 0 bridgehead atoms. The van der Waals surface area contributed by atoms with Crippen LogP contribution in [0.4, 0.5) is 0 Å². The molecule has 6 nitrogen and oxygen atoms in total. The molecule has 0 fully saturated rings. The molecule has 0 saturated heterocycles. The van der Waals surface area contributed by atoms with Crippen LogP contribution in [-0.4, -0.2) is 40.4 Å². The number of nitrogens with zero attached hydrogens (tertiary/aromatic N) is 4. The first-order valence-corrected chi connectivity index (χ1v) is 7.91. The Labute approximate surface area is 151 Å². The fraction of sp³-hybridized carbons (Fsp3) is 0.800. The molecule has 22 heavy (non-hydrogen) atoms. The number of aromatic nitrogens is 3. The minimum Gasteiger partial charge on any atom is -0.356 e. The lowest BCUT2D eigenvalue weighted by Gasteiger charge is -2.18. The number of guanidine groups is 1. The predicted octanol–water partition coefficient (Wildman–Crippen LogP) is 2.67. The third-order valence-electron chi connectivity index (χ3n) is 3.39. The average Bonchev–Trinajstić information content (AvgIpc) is 2.96. The molecule has 0 aromatic carbocycles. The van der Waals surface area contributed by atoms with Crippen LogP contribution in [0.15, 0.2) is 17.6 Å². The molecule has 0 saturated carbocycles. The van der Waals surface area contributed by atoms with Gasteiger partial charge in [0.05, 0.1) is 0 Å². The molecule has 1 aromatic rings. The van der Waals surface area contributed by atoms with Crippen molar-refractivity contribution in [3.63, 3.8) is 0 Å². The lowest BCUT2D eigenvalue weighted by molar-refractivity contribution is 0.488. The topological polar surface area (TPSA) is 67.1 Å². The molecule has 0 spiro atoms. The summed E-state index contributed by atoms with van der Waals surface area (Å²) >= 11 is 0. The van der Waals surface area contributed by atoms with Gasteiger partial charge in [0, 0.05) is 26.2 Å². The molecule has 1 heterocycles. The molecule has 0 amide bonds. The van der Waals surface area contributed by atoms with E-state index in [1.165, 1.54) is 12.8 Å². The van der Waals surface area contributed by atoms with Crippen molar-refractivity contribution < 1.29 is 0 Å².